The number of methoxy groups -OCH3 is 1. The minimum Gasteiger partial charge on any atom is -0.495 e. The third-order valence-corrected chi connectivity index (χ3v) is 8.08. The molecule has 0 unspecified atom stereocenters. The van der Waals surface area contributed by atoms with Crippen molar-refractivity contribution in [1.29, 1.82) is 0 Å². The van der Waals surface area contributed by atoms with Crippen LogP contribution in [0.5, 0.6) is 5.75 Å². The van der Waals surface area contributed by atoms with Gasteiger partial charge in [0.05, 0.1) is 24.2 Å². The summed E-state index contributed by atoms with van der Waals surface area (Å²) in [4.78, 5) is 12.5. The van der Waals surface area contributed by atoms with Gasteiger partial charge in [0.1, 0.15) is 10.6 Å². The van der Waals surface area contributed by atoms with Crippen molar-refractivity contribution >= 4 is 33.2 Å². The molecular weight excluding hydrogens is 468 g/mol. The summed E-state index contributed by atoms with van der Waals surface area (Å²) in [5.74, 6) is 1.68. The summed E-state index contributed by atoms with van der Waals surface area (Å²) in [5, 5.41) is 5.84. The molecule has 1 amide bonds. The Labute approximate surface area is 206 Å². The number of sulfone groups is 1. The second-order valence-electron chi connectivity index (χ2n) is 7.90. The van der Waals surface area contributed by atoms with Crippen molar-refractivity contribution in [2.75, 3.05) is 31.3 Å². The minimum atomic E-state index is -3.85. The van der Waals surface area contributed by atoms with Crippen molar-refractivity contribution in [2.45, 2.75) is 29.4 Å². The molecular formula is C26H30N2O4S2. The molecule has 3 rings (SSSR count). The summed E-state index contributed by atoms with van der Waals surface area (Å²) in [6.45, 7) is 4.44. The Bertz CT molecular complexity index is 1210. The molecule has 0 aromatic heterocycles. The predicted octanol–water partition coefficient (Wildman–Crippen LogP) is 4.61. The highest BCUT2D eigenvalue weighted by atomic mass is 32.2. The highest BCUT2D eigenvalue weighted by Crippen LogP contribution is 2.35. The molecule has 0 atom stereocenters. The first-order valence-electron chi connectivity index (χ1n) is 10.9. The summed E-state index contributed by atoms with van der Waals surface area (Å²) >= 11 is 1.75. The van der Waals surface area contributed by atoms with Crippen LogP contribution in [0.15, 0.2) is 76.5 Å². The van der Waals surface area contributed by atoms with Crippen LogP contribution < -0.4 is 15.4 Å². The lowest BCUT2D eigenvalue weighted by Crippen LogP contribution is -2.31. The summed E-state index contributed by atoms with van der Waals surface area (Å²) < 4.78 is 32.0. The zero-order valence-electron chi connectivity index (χ0n) is 19.6. The molecule has 0 aliphatic carbocycles. The average Bonchev–Trinajstić information content (AvgIpc) is 2.83. The molecule has 8 heteroatoms. The largest absolute Gasteiger partial charge is 0.495 e. The molecule has 3 aromatic carbocycles. The third-order valence-electron chi connectivity index (χ3n) is 5.20. The van der Waals surface area contributed by atoms with Gasteiger partial charge in [0.2, 0.25) is 15.7 Å². The van der Waals surface area contributed by atoms with Crippen LogP contribution in [0.3, 0.4) is 0 Å². The first kappa shape index (κ1) is 25.6. The summed E-state index contributed by atoms with van der Waals surface area (Å²) in [5.41, 5.74) is 3.78. The van der Waals surface area contributed by atoms with E-state index < -0.39 is 9.84 Å². The molecule has 34 heavy (non-hydrogen) atoms. The average molecular weight is 499 g/mol. The zero-order chi connectivity index (χ0) is 24.6. The summed E-state index contributed by atoms with van der Waals surface area (Å²) in [7, 11) is -2.43. The van der Waals surface area contributed by atoms with Gasteiger partial charge < -0.3 is 15.4 Å². The number of ether oxygens (including phenoxy) is 1. The lowest BCUT2D eigenvalue weighted by molar-refractivity contribution is -0.119. The third kappa shape index (κ3) is 6.77. The van der Waals surface area contributed by atoms with Crippen molar-refractivity contribution < 1.29 is 17.9 Å². The number of anilines is 1. The van der Waals surface area contributed by atoms with Crippen LogP contribution in [0.1, 0.15) is 16.7 Å². The molecule has 180 valence electrons. The van der Waals surface area contributed by atoms with Crippen molar-refractivity contribution in [2.24, 2.45) is 0 Å². The molecule has 0 aliphatic heterocycles. The Morgan fingerprint density at radius 1 is 0.941 bits per heavy atom. The zero-order valence-corrected chi connectivity index (χ0v) is 21.3. The number of amides is 1. The number of hydrogen-bond donors (Lipinski definition) is 2. The minimum absolute atomic E-state index is 0.0165. The Morgan fingerprint density at radius 2 is 1.59 bits per heavy atom. The molecule has 3 aromatic rings. The second kappa shape index (κ2) is 11.9. The summed E-state index contributed by atoms with van der Waals surface area (Å²) in [6.07, 6.45) is 0. The van der Waals surface area contributed by atoms with E-state index in [2.05, 4.69) is 41.8 Å². The van der Waals surface area contributed by atoms with E-state index in [-0.39, 0.29) is 28.0 Å². The normalized spacial score (nSPS) is 11.1. The summed E-state index contributed by atoms with van der Waals surface area (Å²) in [6, 6.07) is 20.0. The van der Waals surface area contributed by atoms with Gasteiger partial charge in [-0.1, -0.05) is 53.6 Å². The SMILES string of the molecule is COc1cccc(NCC(=O)NCCSCc2ccc(C)cc2)c1S(=O)(=O)c1ccc(C)cc1. The van der Waals surface area contributed by atoms with E-state index in [1.165, 1.54) is 18.2 Å². The Balaban J connectivity index is 1.58. The van der Waals surface area contributed by atoms with E-state index in [0.717, 1.165) is 17.1 Å². The van der Waals surface area contributed by atoms with Gasteiger partial charge in [-0.25, -0.2) is 8.42 Å². The smallest absolute Gasteiger partial charge is 0.239 e. The second-order valence-corrected chi connectivity index (χ2v) is 10.9. The van der Waals surface area contributed by atoms with Gasteiger partial charge in [-0.15, -0.1) is 0 Å². The van der Waals surface area contributed by atoms with Crippen LogP contribution in [0.25, 0.3) is 0 Å². The fourth-order valence-electron chi connectivity index (χ4n) is 3.30. The maximum Gasteiger partial charge on any atom is 0.239 e. The molecule has 0 saturated carbocycles. The predicted molar refractivity (Wildman–Crippen MR) is 138 cm³/mol. The number of nitrogens with one attached hydrogen (secondary N) is 2. The van der Waals surface area contributed by atoms with Crippen molar-refractivity contribution in [1.82, 2.24) is 5.32 Å². The fraction of sp³-hybridized carbons (Fsp3) is 0.269. The van der Waals surface area contributed by atoms with Gasteiger partial charge in [-0.3, -0.25) is 4.79 Å². The van der Waals surface area contributed by atoms with Crippen molar-refractivity contribution in [3.05, 3.63) is 83.4 Å². The monoisotopic (exact) mass is 498 g/mol. The van der Waals surface area contributed by atoms with Crippen LogP contribution in [0, 0.1) is 13.8 Å². The van der Waals surface area contributed by atoms with Crippen LogP contribution >= 0.6 is 11.8 Å². The van der Waals surface area contributed by atoms with Gasteiger partial charge in [0.15, 0.2) is 0 Å². The molecule has 0 aliphatic rings. The lowest BCUT2D eigenvalue weighted by atomic mass is 10.2. The fourth-order valence-corrected chi connectivity index (χ4v) is 5.70. The number of carbonyl (C=O) groups is 1. The number of carbonyl (C=O) groups excluding carboxylic acids is 1. The molecule has 0 saturated heterocycles. The van der Waals surface area contributed by atoms with Gasteiger partial charge in [0.25, 0.3) is 0 Å². The Hall–Kier alpha value is -2.97. The molecule has 0 fully saturated rings. The van der Waals surface area contributed by atoms with E-state index in [0.29, 0.717) is 12.2 Å². The number of rotatable bonds is 11. The number of hydrogen-bond acceptors (Lipinski definition) is 6. The maximum absolute atomic E-state index is 13.3. The number of thioether (sulfide) groups is 1. The van der Waals surface area contributed by atoms with E-state index >= 15 is 0 Å². The van der Waals surface area contributed by atoms with E-state index in [9.17, 15) is 13.2 Å². The van der Waals surface area contributed by atoms with Crippen LogP contribution in [0.2, 0.25) is 0 Å². The topological polar surface area (TPSA) is 84.5 Å². The highest BCUT2D eigenvalue weighted by molar-refractivity contribution is 7.98. The quantitative estimate of drug-likeness (QED) is 0.376. The van der Waals surface area contributed by atoms with Crippen molar-refractivity contribution in [3.63, 3.8) is 0 Å². The van der Waals surface area contributed by atoms with Crippen LogP contribution in [-0.2, 0) is 20.4 Å². The van der Waals surface area contributed by atoms with Crippen LogP contribution in [0.4, 0.5) is 5.69 Å². The first-order chi connectivity index (χ1) is 16.3. The van der Waals surface area contributed by atoms with Crippen molar-refractivity contribution in [3.8, 4) is 5.75 Å². The van der Waals surface area contributed by atoms with E-state index in [1.807, 2.05) is 6.92 Å². The molecule has 2 N–H and O–H groups in total. The maximum atomic E-state index is 13.3. The van der Waals surface area contributed by atoms with Gasteiger partial charge in [-0.2, -0.15) is 11.8 Å². The van der Waals surface area contributed by atoms with Gasteiger partial charge in [-0.05, 0) is 43.7 Å². The van der Waals surface area contributed by atoms with Gasteiger partial charge >= 0.3 is 0 Å². The van der Waals surface area contributed by atoms with Gasteiger partial charge in [0, 0.05) is 18.1 Å². The molecule has 6 nitrogen and oxygen atoms in total. The Kier molecular flexibility index (Phi) is 9.01. The van der Waals surface area contributed by atoms with Crippen LogP contribution in [-0.4, -0.2) is 40.3 Å². The Morgan fingerprint density at radius 3 is 2.24 bits per heavy atom. The van der Waals surface area contributed by atoms with E-state index in [4.69, 9.17) is 4.74 Å². The highest BCUT2D eigenvalue weighted by Gasteiger charge is 2.26. The first-order valence-corrected chi connectivity index (χ1v) is 13.6. The standard InChI is InChI=1S/C26H30N2O4S2/c1-19-7-11-21(12-8-19)18-33-16-15-27-25(29)17-28-23-5-4-6-24(32-3)26(23)34(30,31)22-13-9-20(2)10-14-22/h4-14,28H,15-18H2,1-3H3,(H,27,29). The molecule has 0 bridgehead atoms. The number of aryl methyl sites for hydroxylation is 2. The lowest BCUT2D eigenvalue weighted by Gasteiger charge is -2.16. The number of benzene rings is 3. The molecule has 0 spiro atoms. The molecule has 0 radical (unpaired) electrons. The van der Waals surface area contributed by atoms with E-state index in [1.54, 1.807) is 54.2 Å². The molecule has 0 heterocycles.